The molecule has 1 unspecified atom stereocenters. The van der Waals surface area contributed by atoms with E-state index in [0.717, 1.165) is 5.56 Å². The number of nitrogens with zero attached hydrogens (tertiary/aromatic N) is 1. The third-order valence-electron chi connectivity index (χ3n) is 2.50. The van der Waals surface area contributed by atoms with E-state index in [1.54, 1.807) is 19.1 Å². The molecule has 98 valence electrons. The fraction of sp³-hybridized carbons (Fsp3) is 0.462. The molecule has 5 heteroatoms. The van der Waals surface area contributed by atoms with Crippen molar-refractivity contribution in [2.75, 3.05) is 0 Å². The fourth-order valence-corrected chi connectivity index (χ4v) is 1.51. The average Bonchev–Trinajstić information content (AvgIpc) is 2.26. The van der Waals surface area contributed by atoms with Gasteiger partial charge >= 0.3 is 0 Å². The summed E-state index contributed by atoms with van der Waals surface area (Å²) in [5, 5.41) is 13.4. The lowest BCUT2D eigenvalue weighted by Gasteiger charge is -2.23. The van der Waals surface area contributed by atoms with Crippen molar-refractivity contribution in [3.05, 3.63) is 39.9 Å². The number of non-ortho nitro benzene ring substituents is 1. The summed E-state index contributed by atoms with van der Waals surface area (Å²) in [5.41, 5.74) is 0.510. The fourth-order valence-electron chi connectivity index (χ4n) is 1.51. The van der Waals surface area contributed by atoms with Gasteiger partial charge in [-0.05, 0) is 33.3 Å². The van der Waals surface area contributed by atoms with Crippen molar-refractivity contribution in [2.24, 2.45) is 0 Å². The van der Waals surface area contributed by atoms with Crippen molar-refractivity contribution in [1.29, 1.82) is 0 Å². The maximum Gasteiger partial charge on any atom is 0.269 e. The number of nitro groups is 1. The molecule has 5 nitrogen and oxygen atoms in total. The number of benzene rings is 1. The quantitative estimate of drug-likeness (QED) is 0.662. The lowest BCUT2D eigenvalue weighted by Crippen LogP contribution is -2.42. The lowest BCUT2D eigenvalue weighted by molar-refractivity contribution is -0.384. The van der Waals surface area contributed by atoms with Gasteiger partial charge in [-0.15, -0.1) is 0 Å². The molecule has 0 aliphatic heterocycles. The first kappa shape index (κ1) is 14.2. The van der Waals surface area contributed by atoms with E-state index < -0.39 is 4.92 Å². The predicted octanol–water partition coefficient (Wildman–Crippen LogP) is 2.61. The third-order valence-corrected chi connectivity index (χ3v) is 2.50. The maximum absolute atomic E-state index is 11.9. The van der Waals surface area contributed by atoms with E-state index in [9.17, 15) is 14.9 Å². The second-order valence-corrected chi connectivity index (χ2v) is 5.31. The molecule has 1 atom stereocenters. The monoisotopic (exact) mass is 250 g/mol. The zero-order chi connectivity index (χ0) is 13.9. The second-order valence-electron chi connectivity index (χ2n) is 5.31. The standard InChI is InChI=1S/C13H18N2O3/c1-9(12(16)14-13(2,3)4)10-5-7-11(8-6-10)15(17)18/h5-9H,1-4H3,(H,14,16). The molecule has 0 radical (unpaired) electrons. The number of nitro benzene ring substituents is 1. The van der Waals surface area contributed by atoms with Crippen LogP contribution in [0.4, 0.5) is 5.69 Å². The van der Waals surface area contributed by atoms with Gasteiger partial charge in [0, 0.05) is 17.7 Å². The first-order valence-corrected chi connectivity index (χ1v) is 5.77. The van der Waals surface area contributed by atoms with Crippen molar-refractivity contribution in [1.82, 2.24) is 5.32 Å². The summed E-state index contributed by atoms with van der Waals surface area (Å²) in [6.45, 7) is 7.51. The van der Waals surface area contributed by atoms with E-state index in [0.29, 0.717) is 0 Å². The molecule has 1 aromatic carbocycles. The zero-order valence-electron chi connectivity index (χ0n) is 11.1. The van der Waals surface area contributed by atoms with Crippen molar-refractivity contribution in [2.45, 2.75) is 39.2 Å². The Bertz CT molecular complexity index is 446. The van der Waals surface area contributed by atoms with Crippen LogP contribution in [0.3, 0.4) is 0 Å². The average molecular weight is 250 g/mol. The molecule has 0 saturated carbocycles. The van der Waals surface area contributed by atoms with E-state index in [1.165, 1.54) is 12.1 Å². The number of rotatable bonds is 3. The highest BCUT2D eigenvalue weighted by molar-refractivity contribution is 5.83. The summed E-state index contributed by atoms with van der Waals surface area (Å²) < 4.78 is 0. The molecule has 1 N–H and O–H groups in total. The Morgan fingerprint density at radius 3 is 2.17 bits per heavy atom. The SMILES string of the molecule is CC(C(=O)NC(C)(C)C)c1ccc([N+](=O)[O-])cc1. The Morgan fingerprint density at radius 2 is 1.78 bits per heavy atom. The van der Waals surface area contributed by atoms with E-state index in [2.05, 4.69) is 5.32 Å². The molecular formula is C13H18N2O3. The second kappa shape index (κ2) is 5.16. The van der Waals surface area contributed by atoms with Crippen LogP contribution in [0.25, 0.3) is 0 Å². The van der Waals surface area contributed by atoms with E-state index in [1.807, 2.05) is 20.8 Å². The van der Waals surface area contributed by atoms with Crippen molar-refractivity contribution in [3.8, 4) is 0 Å². The van der Waals surface area contributed by atoms with E-state index in [-0.39, 0.29) is 23.1 Å². The van der Waals surface area contributed by atoms with E-state index in [4.69, 9.17) is 0 Å². The van der Waals surface area contributed by atoms with Crippen LogP contribution < -0.4 is 5.32 Å². The minimum absolute atomic E-state index is 0.0298. The van der Waals surface area contributed by atoms with Gasteiger partial charge in [0.1, 0.15) is 0 Å². The van der Waals surface area contributed by atoms with Gasteiger partial charge in [0.15, 0.2) is 0 Å². The summed E-state index contributed by atoms with van der Waals surface area (Å²) in [4.78, 5) is 22.0. The maximum atomic E-state index is 11.9. The van der Waals surface area contributed by atoms with Crippen molar-refractivity contribution in [3.63, 3.8) is 0 Å². The Labute approximate surface area is 106 Å². The summed E-state index contributed by atoms with van der Waals surface area (Å²) in [6, 6.07) is 6.06. The number of nitrogens with one attached hydrogen (secondary N) is 1. The molecule has 0 aliphatic rings. The Hall–Kier alpha value is -1.91. The van der Waals surface area contributed by atoms with Gasteiger partial charge < -0.3 is 5.32 Å². The number of amides is 1. The summed E-state index contributed by atoms with van der Waals surface area (Å²) in [6.07, 6.45) is 0. The Kier molecular flexibility index (Phi) is 4.06. The van der Waals surface area contributed by atoms with Gasteiger partial charge in [0.05, 0.1) is 10.8 Å². The van der Waals surface area contributed by atoms with Gasteiger partial charge in [-0.3, -0.25) is 14.9 Å². The molecule has 1 rings (SSSR count). The van der Waals surface area contributed by atoms with Crippen LogP contribution >= 0.6 is 0 Å². The van der Waals surface area contributed by atoms with Gasteiger partial charge in [0.2, 0.25) is 5.91 Å². The van der Waals surface area contributed by atoms with Gasteiger partial charge in [-0.1, -0.05) is 12.1 Å². The van der Waals surface area contributed by atoms with Crippen LogP contribution in [0.1, 0.15) is 39.2 Å². The number of hydrogen-bond donors (Lipinski definition) is 1. The normalized spacial score (nSPS) is 12.9. The molecular weight excluding hydrogens is 232 g/mol. The molecule has 0 aromatic heterocycles. The molecule has 0 fully saturated rings. The molecule has 18 heavy (non-hydrogen) atoms. The van der Waals surface area contributed by atoms with Crippen LogP contribution in [0.2, 0.25) is 0 Å². The Morgan fingerprint density at radius 1 is 1.28 bits per heavy atom. The van der Waals surface area contributed by atoms with Gasteiger partial charge in [-0.25, -0.2) is 0 Å². The largest absolute Gasteiger partial charge is 0.351 e. The minimum atomic E-state index is -0.455. The summed E-state index contributed by atoms with van der Waals surface area (Å²) >= 11 is 0. The van der Waals surface area contributed by atoms with Crippen LogP contribution in [-0.2, 0) is 4.79 Å². The van der Waals surface area contributed by atoms with Crippen molar-refractivity contribution < 1.29 is 9.72 Å². The van der Waals surface area contributed by atoms with Gasteiger partial charge in [-0.2, -0.15) is 0 Å². The third kappa shape index (κ3) is 3.84. The minimum Gasteiger partial charge on any atom is -0.351 e. The highest BCUT2D eigenvalue weighted by Crippen LogP contribution is 2.20. The molecule has 0 spiro atoms. The van der Waals surface area contributed by atoms with Crippen LogP contribution in [0.15, 0.2) is 24.3 Å². The van der Waals surface area contributed by atoms with Crippen LogP contribution in [-0.4, -0.2) is 16.4 Å². The molecule has 1 aromatic rings. The highest BCUT2D eigenvalue weighted by Gasteiger charge is 2.20. The molecule has 0 aliphatic carbocycles. The molecule has 1 amide bonds. The molecule has 0 heterocycles. The van der Waals surface area contributed by atoms with Crippen LogP contribution in [0, 0.1) is 10.1 Å². The predicted molar refractivity (Wildman–Crippen MR) is 69.4 cm³/mol. The lowest BCUT2D eigenvalue weighted by atomic mass is 9.98. The molecule has 0 bridgehead atoms. The number of hydrogen-bond acceptors (Lipinski definition) is 3. The van der Waals surface area contributed by atoms with Crippen LogP contribution in [0.5, 0.6) is 0 Å². The smallest absolute Gasteiger partial charge is 0.269 e. The first-order valence-electron chi connectivity index (χ1n) is 5.77. The van der Waals surface area contributed by atoms with Crippen molar-refractivity contribution >= 4 is 11.6 Å². The molecule has 0 saturated heterocycles. The number of carbonyl (C=O) groups excluding carboxylic acids is 1. The summed E-state index contributed by atoms with van der Waals surface area (Å²) in [7, 11) is 0. The van der Waals surface area contributed by atoms with Gasteiger partial charge in [0.25, 0.3) is 5.69 Å². The topological polar surface area (TPSA) is 72.2 Å². The first-order chi connectivity index (χ1) is 8.20. The highest BCUT2D eigenvalue weighted by atomic mass is 16.6. The summed E-state index contributed by atoms with van der Waals surface area (Å²) in [5.74, 6) is -0.415. The number of carbonyl (C=O) groups is 1. The zero-order valence-corrected chi connectivity index (χ0v) is 11.1. The van der Waals surface area contributed by atoms with E-state index >= 15 is 0 Å². The Balaban J connectivity index is 2.81.